The van der Waals surface area contributed by atoms with Gasteiger partial charge in [-0.1, -0.05) is 13.3 Å². The van der Waals surface area contributed by atoms with Gasteiger partial charge in [0.05, 0.1) is 18.4 Å². The fourth-order valence-corrected chi connectivity index (χ4v) is 0.529. The summed E-state index contributed by atoms with van der Waals surface area (Å²) in [5.74, 6) is -0.495. The Morgan fingerprint density at radius 2 is 2.27 bits per heavy atom. The largest absolute Gasteiger partial charge is 0.512 e. The third-order valence-electron chi connectivity index (χ3n) is 1.07. The van der Waals surface area contributed by atoms with Gasteiger partial charge < -0.3 is 9.84 Å². The number of ether oxygens (including phenoxy) is 1. The maximum atomic E-state index is 10.7. The summed E-state index contributed by atoms with van der Waals surface area (Å²) in [6.07, 6.45) is 2.93. The first-order chi connectivity index (χ1) is 5.16. The maximum absolute atomic E-state index is 10.7. The monoisotopic (exact) mass is 158 g/mol. The van der Waals surface area contributed by atoms with Crippen molar-refractivity contribution in [3.05, 3.63) is 11.8 Å². The number of aliphatic hydroxyl groups is 1. The van der Waals surface area contributed by atoms with Crippen LogP contribution in [0.1, 0.15) is 26.7 Å². The van der Waals surface area contributed by atoms with E-state index in [4.69, 9.17) is 9.84 Å². The number of carbonyl (C=O) groups is 1. The smallest absolute Gasteiger partial charge is 0.334 e. The van der Waals surface area contributed by atoms with E-state index in [1.165, 1.54) is 6.92 Å². The van der Waals surface area contributed by atoms with Crippen LogP contribution in [0.3, 0.4) is 0 Å². The molecule has 11 heavy (non-hydrogen) atoms. The fraction of sp³-hybridized carbons (Fsp3) is 0.625. The lowest BCUT2D eigenvalue weighted by atomic mass is 10.4. The highest BCUT2D eigenvalue weighted by Gasteiger charge is 1.96. The first kappa shape index (κ1) is 10.0. The molecule has 0 aromatic carbocycles. The van der Waals surface area contributed by atoms with Crippen LogP contribution < -0.4 is 0 Å². The Bertz CT molecular complexity index is 145. The van der Waals surface area contributed by atoms with Crippen LogP contribution in [0.4, 0.5) is 0 Å². The molecule has 64 valence electrons. The van der Waals surface area contributed by atoms with E-state index in [-0.39, 0.29) is 5.76 Å². The molecule has 0 aliphatic rings. The van der Waals surface area contributed by atoms with Crippen LogP contribution in [0.5, 0.6) is 0 Å². The number of allylic oxidation sites excluding steroid dienone is 1. The molecule has 1 N–H and O–H groups in total. The minimum absolute atomic E-state index is 0.0218. The van der Waals surface area contributed by atoms with E-state index in [0.29, 0.717) is 6.61 Å². The predicted octanol–water partition coefficient (Wildman–Crippen LogP) is 1.79. The van der Waals surface area contributed by atoms with Crippen molar-refractivity contribution in [1.82, 2.24) is 0 Å². The molecular weight excluding hydrogens is 144 g/mol. The Kier molecular flexibility index (Phi) is 5.25. The Hall–Kier alpha value is -0.990. The topological polar surface area (TPSA) is 46.5 Å². The van der Waals surface area contributed by atoms with Crippen molar-refractivity contribution in [2.45, 2.75) is 26.7 Å². The minimum atomic E-state index is -0.474. The van der Waals surface area contributed by atoms with Gasteiger partial charge in [0, 0.05) is 0 Å². The standard InChI is InChI=1S/C8H14O3/c1-3-4-5-11-8(10)6-7(2)9/h6,9H,3-5H2,1-2H3. The molecule has 0 unspecified atom stereocenters. The molecule has 3 nitrogen and oxygen atoms in total. The van der Waals surface area contributed by atoms with E-state index < -0.39 is 5.97 Å². The van der Waals surface area contributed by atoms with E-state index in [9.17, 15) is 4.79 Å². The summed E-state index contributed by atoms with van der Waals surface area (Å²) in [4.78, 5) is 10.7. The van der Waals surface area contributed by atoms with Crippen LogP contribution in [0.2, 0.25) is 0 Å². The van der Waals surface area contributed by atoms with E-state index in [2.05, 4.69) is 0 Å². The van der Waals surface area contributed by atoms with Crippen LogP contribution in [-0.2, 0) is 9.53 Å². The number of unbranched alkanes of at least 4 members (excludes halogenated alkanes) is 1. The van der Waals surface area contributed by atoms with E-state index >= 15 is 0 Å². The summed E-state index contributed by atoms with van der Waals surface area (Å²) in [5, 5.41) is 8.64. The molecule has 3 heteroatoms. The molecule has 0 bridgehead atoms. The van der Waals surface area contributed by atoms with Gasteiger partial charge in [-0.15, -0.1) is 0 Å². The molecule has 0 saturated heterocycles. The second-order valence-corrected chi connectivity index (χ2v) is 2.31. The highest BCUT2D eigenvalue weighted by Crippen LogP contribution is 1.91. The van der Waals surface area contributed by atoms with E-state index in [1.54, 1.807) is 0 Å². The summed E-state index contributed by atoms with van der Waals surface area (Å²) in [6, 6.07) is 0. The molecule has 0 spiro atoms. The molecule has 0 atom stereocenters. The number of rotatable bonds is 4. The fourth-order valence-electron chi connectivity index (χ4n) is 0.529. The zero-order chi connectivity index (χ0) is 8.69. The molecule has 0 amide bonds. The first-order valence-corrected chi connectivity index (χ1v) is 3.70. The van der Waals surface area contributed by atoms with Crippen LogP contribution in [0, 0.1) is 0 Å². The highest BCUT2D eigenvalue weighted by atomic mass is 16.5. The average molecular weight is 158 g/mol. The molecule has 0 aliphatic carbocycles. The van der Waals surface area contributed by atoms with E-state index in [1.807, 2.05) is 6.92 Å². The zero-order valence-electron chi connectivity index (χ0n) is 6.96. The molecule has 0 aromatic rings. The molecule has 0 heterocycles. The lowest BCUT2D eigenvalue weighted by molar-refractivity contribution is -0.138. The number of hydrogen-bond donors (Lipinski definition) is 1. The van der Waals surface area contributed by atoms with Crippen molar-refractivity contribution in [3.8, 4) is 0 Å². The van der Waals surface area contributed by atoms with Gasteiger partial charge in [-0.05, 0) is 13.3 Å². The number of esters is 1. The number of hydrogen-bond acceptors (Lipinski definition) is 3. The van der Waals surface area contributed by atoms with Crippen LogP contribution >= 0.6 is 0 Å². The van der Waals surface area contributed by atoms with Crippen molar-refractivity contribution < 1.29 is 14.6 Å². The molecule has 0 fully saturated rings. The molecular formula is C8H14O3. The Labute approximate surface area is 66.7 Å². The third-order valence-corrected chi connectivity index (χ3v) is 1.07. The van der Waals surface area contributed by atoms with Crippen LogP contribution in [-0.4, -0.2) is 17.7 Å². The molecule has 0 aliphatic heterocycles. The predicted molar refractivity (Wildman–Crippen MR) is 42.3 cm³/mol. The van der Waals surface area contributed by atoms with Crippen molar-refractivity contribution >= 4 is 5.97 Å². The van der Waals surface area contributed by atoms with Gasteiger partial charge in [0.2, 0.25) is 0 Å². The summed E-state index contributed by atoms with van der Waals surface area (Å²) in [5.41, 5.74) is 0. The molecule has 0 radical (unpaired) electrons. The van der Waals surface area contributed by atoms with Gasteiger partial charge in [0.25, 0.3) is 0 Å². The molecule has 0 aromatic heterocycles. The number of aliphatic hydroxyl groups excluding tert-OH is 1. The molecule has 0 saturated carbocycles. The first-order valence-electron chi connectivity index (χ1n) is 3.70. The van der Waals surface area contributed by atoms with Gasteiger partial charge >= 0.3 is 5.97 Å². The lowest BCUT2D eigenvalue weighted by Crippen LogP contribution is -2.02. The normalized spacial score (nSPS) is 11.3. The van der Waals surface area contributed by atoms with Crippen molar-refractivity contribution in [3.63, 3.8) is 0 Å². The zero-order valence-corrected chi connectivity index (χ0v) is 6.96. The van der Waals surface area contributed by atoms with Crippen molar-refractivity contribution in [1.29, 1.82) is 0 Å². The van der Waals surface area contributed by atoms with Gasteiger partial charge in [0.1, 0.15) is 0 Å². The summed E-state index contributed by atoms with van der Waals surface area (Å²) < 4.78 is 4.72. The minimum Gasteiger partial charge on any atom is -0.512 e. The molecule has 0 rings (SSSR count). The lowest BCUT2D eigenvalue weighted by Gasteiger charge is -1.98. The summed E-state index contributed by atoms with van der Waals surface area (Å²) >= 11 is 0. The summed E-state index contributed by atoms with van der Waals surface area (Å²) in [7, 11) is 0. The average Bonchev–Trinajstić information content (AvgIpc) is 1.86. The second-order valence-electron chi connectivity index (χ2n) is 2.31. The number of carbonyl (C=O) groups excluding carboxylic acids is 1. The van der Waals surface area contributed by atoms with Crippen LogP contribution in [0.25, 0.3) is 0 Å². The summed E-state index contributed by atoms with van der Waals surface area (Å²) in [6.45, 7) is 3.88. The van der Waals surface area contributed by atoms with Gasteiger partial charge in [-0.25, -0.2) is 4.79 Å². The van der Waals surface area contributed by atoms with Crippen molar-refractivity contribution in [2.24, 2.45) is 0 Å². The Balaban J connectivity index is 3.46. The van der Waals surface area contributed by atoms with E-state index in [0.717, 1.165) is 18.9 Å². The SMILES string of the molecule is CCCCOC(=O)C=C(C)O. The van der Waals surface area contributed by atoms with Gasteiger partial charge in [0.15, 0.2) is 0 Å². The van der Waals surface area contributed by atoms with Crippen molar-refractivity contribution in [2.75, 3.05) is 6.61 Å². The van der Waals surface area contributed by atoms with Gasteiger partial charge in [-0.2, -0.15) is 0 Å². The second kappa shape index (κ2) is 5.77. The van der Waals surface area contributed by atoms with Gasteiger partial charge in [-0.3, -0.25) is 0 Å². The Morgan fingerprint density at radius 3 is 2.73 bits per heavy atom. The Morgan fingerprint density at radius 1 is 1.64 bits per heavy atom. The quantitative estimate of drug-likeness (QED) is 0.293. The third kappa shape index (κ3) is 6.90. The maximum Gasteiger partial charge on any atom is 0.334 e. The van der Waals surface area contributed by atoms with Crippen LogP contribution in [0.15, 0.2) is 11.8 Å². The highest BCUT2D eigenvalue weighted by molar-refractivity contribution is 5.82.